The van der Waals surface area contributed by atoms with Crippen LogP contribution in [-0.2, 0) is 43.0 Å². The molecule has 378 valence electrons. The van der Waals surface area contributed by atoms with E-state index < -0.39 is 72.8 Å². The van der Waals surface area contributed by atoms with Crippen molar-refractivity contribution in [3.63, 3.8) is 0 Å². The molecule has 0 rings (SSSR count). The summed E-state index contributed by atoms with van der Waals surface area (Å²) in [6.07, 6.45) is 27.7. The maximum atomic E-state index is 14.4. The number of nitrogens with zero attached hydrogens (tertiary/aromatic N) is 1. The fraction of sp³-hybridized carbons (Fsp3) is 0.860. The second-order valence-corrected chi connectivity index (χ2v) is 18.3. The second kappa shape index (κ2) is 42.0. The third kappa shape index (κ3) is 34.6. The highest BCUT2D eigenvalue weighted by molar-refractivity contribution is 7.80. The lowest BCUT2D eigenvalue weighted by Crippen LogP contribution is -2.59. The lowest BCUT2D eigenvalue weighted by Gasteiger charge is -2.34. The molecule has 0 spiro atoms. The number of ether oxygens (including phenoxy) is 2. The minimum Gasteiger partial charge on any atom is -0.481 e. The summed E-state index contributed by atoms with van der Waals surface area (Å²) in [7, 11) is 0. The smallest absolute Gasteiger partial charge is 0.306 e. The van der Waals surface area contributed by atoms with Crippen LogP contribution < -0.4 is 16.4 Å². The van der Waals surface area contributed by atoms with Crippen LogP contribution >= 0.6 is 12.6 Å². The molecule has 4 atom stereocenters. The number of amides is 4. The summed E-state index contributed by atoms with van der Waals surface area (Å²) in [5.74, 6) is -5.17. The number of carboxylic acid groups (broad SMARTS) is 1. The Hall–Kier alpha value is -3.36. The topological polar surface area (TPSA) is 212 Å². The van der Waals surface area contributed by atoms with Gasteiger partial charge in [0.1, 0.15) is 24.7 Å². The monoisotopic (exact) mass is 941 g/mol. The Morgan fingerprint density at radius 1 is 0.569 bits per heavy atom. The third-order valence-corrected chi connectivity index (χ3v) is 12.2. The second-order valence-electron chi connectivity index (χ2n) is 17.9. The van der Waals surface area contributed by atoms with Gasteiger partial charge in [0.05, 0.1) is 6.54 Å². The highest BCUT2D eigenvalue weighted by Gasteiger charge is 2.36. The number of hydrogen-bond acceptors (Lipinski definition) is 10. The van der Waals surface area contributed by atoms with Crippen molar-refractivity contribution in [1.29, 1.82) is 0 Å². The average molecular weight is 941 g/mol. The molecule has 15 heteroatoms. The number of nitrogens with one attached hydrogen (secondary N) is 2. The highest BCUT2D eigenvalue weighted by Crippen LogP contribution is 2.16. The van der Waals surface area contributed by atoms with E-state index in [9.17, 15) is 38.7 Å². The summed E-state index contributed by atoms with van der Waals surface area (Å²) in [6.45, 7) is 7.16. The molecule has 4 amide bonds. The predicted molar refractivity (Wildman–Crippen MR) is 261 cm³/mol. The first kappa shape index (κ1) is 61.6. The van der Waals surface area contributed by atoms with Gasteiger partial charge in [-0.25, -0.2) is 0 Å². The minimum atomic E-state index is -1.35. The molecule has 14 nitrogen and oxygen atoms in total. The third-order valence-electron chi connectivity index (χ3n) is 11.9. The van der Waals surface area contributed by atoms with Crippen LogP contribution in [0.2, 0.25) is 0 Å². The summed E-state index contributed by atoms with van der Waals surface area (Å²) in [5, 5.41) is 14.4. The SMILES string of the molecule is CCCCCCCCCCCCCCCC(=O)NC(CS)C(=O)N(C[C@H](COC(=O)CCCCCCCCC)OC(=O)CCCCCCCCC)[C@@H](C)C(=O)N[C@H](CCC(=O)O)C(N)=O. The Morgan fingerprint density at radius 3 is 1.40 bits per heavy atom. The van der Waals surface area contributed by atoms with Crippen molar-refractivity contribution >= 4 is 54.2 Å². The van der Waals surface area contributed by atoms with Crippen LogP contribution in [0.1, 0.15) is 233 Å². The van der Waals surface area contributed by atoms with Gasteiger partial charge >= 0.3 is 17.9 Å². The number of carboxylic acids is 1. The maximum absolute atomic E-state index is 14.4. The van der Waals surface area contributed by atoms with Crippen LogP contribution in [-0.4, -0.2) is 94.7 Å². The Kier molecular flexibility index (Phi) is 39.9. The van der Waals surface area contributed by atoms with Gasteiger partial charge in [-0.15, -0.1) is 0 Å². The average Bonchev–Trinajstić information content (AvgIpc) is 3.27. The molecule has 0 saturated heterocycles. The van der Waals surface area contributed by atoms with Crippen LogP contribution in [0.3, 0.4) is 0 Å². The molecule has 0 radical (unpaired) electrons. The first-order valence-electron chi connectivity index (χ1n) is 25.7. The van der Waals surface area contributed by atoms with Crippen LogP contribution in [0.15, 0.2) is 0 Å². The Labute approximate surface area is 398 Å². The van der Waals surface area contributed by atoms with Crippen LogP contribution in [0.4, 0.5) is 0 Å². The van der Waals surface area contributed by atoms with E-state index in [-0.39, 0.29) is 44.0 Å². The van der Waals surface area contributed by atoms with E-state index in [2.05, 4.69) is 44.0 Å². The van der Waals surface area contributed by atoms with Crippen molar-refractivity contribution in [3.8, 4) is 0 Å². The van der Waals surface area contributed by atoms with Gasteiger partial charge < -0.3 is 35.8 Å². The molecule has 0 aromatic rings. The van der Waals surface area contributed by atoms with Crippen LogP contribution in [0, 0.1) is 0 Å². The first-order valence-corrected chi connectivity index (χ1v) is 26.3. The normalized spacial score (nSPS) is 13.0. The van der Waals surface area contributed by atoms with E-state index in [1.807, 2.05) is 0 Å². The fourth-order valence-electron chi connectivity index (χ4n) is 7.68. The number of nitrogens with two attached hydrogens (primary N) is 1. The van der Waals surface area contributed by atoms with Gasteiger partial charge in [0.25, 0.3) is 0 Å². The number of esters is 2. The van der Waals surface area contributed by atoms with E-state index in [4.69, 9.17) is 15.2 Å². The quantitative estimate of drug-likeness (QED) is 0.0222. The number of aliphatic carboxylic acids is 1. The zero-order valence-electron chi connectivity index (χ0n) is 41.2. The van der Waals surface area contributed by atoms with E-state index in [1.165, 1.54) is 71.1 Å². The molecular formula is C50H92N4O10S. The Bertz CT molecular complexity index is 1300. The van der Waals surface area contributed by atoms with Gasteiger partial charge in [0.15, 0.2) is 6.10 Å². The van der Waals surface area contributed by atoms with Gasteiger partial charge in [-0.3, -0.25) is 33.6 Å². The van der Waals surface area contributed by atoms with Crippen molar-refractivity contribution in [2.24, 2.45) is 5.73 Å². The molecule has 0 aromatic carbocycles. The van der Waals surface area contributed by atoms with Crippen LogP contribution in [0.5, 0.6) is 0 Å². The largest absolute Gasteiger partial charge is 0.481 e. The number of carbonyl (C=O) groups excluding carboxylic acids is 6. The lowest BCUT2D eigenvalue weighted by molar-refractivity contribution is -0.163. The molecular weight excluding hydrogens is 849 g/mol. The van der Waals surface area contributed by atoms with Gasteiger partial charge in [-0.2, -0.15) is 12.6 Å². The van der Waals surface area contributed by atoms with E-state index >= 15 is 0 Å². The first-order chi connectivity index (χ1) is 31.3. The molecule has 0 aliphatic carbocycles. The predicted octanol–water partition coefficient (Wildman–Crippen LogP) is 9.67. The molecule has 0 heterocycles. The van der Waals surface area contributed by atoms with E-state index in [0.717, 1.165) is 94.8 Å². The number of rotatable bonds is 45. The Balaban J connectivity index is 5.97. The van der Waals surface area contributed by atoms with Crippen molar-refractivity contribution in [2.45, 2.75) is 257 Å². The number of carbonyl (C=O) groups is 7. The Morgan fingerprint density at radius 2 is 0.985 bits per heavy atom. The molecule has 0 aliphatic rings. The van der Waals surface area contributed by atoms with Gasteiger partial charge in [0, 0.05) is 31.4 Å². The van der Waals surface area contributed by atoms with Gasteiger partial charge in [-0.1, -0.05) is 175 Å². The molecule has 0 aromatic heterocycles. The van der Waals surface area contributed by atoms with E-state index in [0.29, 0.717) is 19.3 Å². The maximum Gasteiger partial charge on any atom is 0.306 e. The summed E-state index contributed by atoms with van der Waals surface area (Å²) in [5.41, 5.74) is 5.50. The molecule has 1 unspecified atom stereocenters. The summed E-state index contributed by atoms with van der Waals surface area (Å²) < 4.78 is 11.5. The zero-order chi connectivity index (χ0) is 48.5. The minimum absolute atomic E-state index is 0.110. The molecule has 0 saturated carbocycles. The fourth-order valence-corrected chi connectivity index (χ4v) is 7.93. The summed E-state index contributed by atoms with van der Waals surface area (Å²) in [6, 6.07) is -3.85. The molecule has 0 aliphatic heterocycles. The summed E-state index contributed by atoms with van der Waals surface area (Å²) >= 11 is 4.39. The van der Waals surface area contributed by atoms with Crippen molar-refractivity contribution in [2.75, 3.05) is 18.9 Å². The van der Waals surface area contributed by atoms with Crippen molar-refractivity contribution in [1.82, 2.24) is 15.5 Å². The molecule has 0 fully saturated rings. The molecule has 65 heavy (non-hydrogen) atoms. The van der Waals surface area contributed by atoms with Gasteiger partial charge in [0.2, 0.25) is 23.6 Å². The number of primary amides is 1. The lowest BCUT2D eigenvalue weighted by atomic mass is 10.0. The number of unbranched alkanes of at least 4 members (excludes halogenated alkanes) is 24. The zero-order valence-corrected chi connectivity index (χ0v) is 42.0. The van der Waals surface area contributed by atoms with E-state index in [1.54, 1.807) is 0 Å². The highest BCUT2D eigenvalue weighted by atomic mass is 32.1. The molecule has 5 N–H and O–H groups in total. The number of thiol groups is 1. The summed E-state index contributed by atoms with van der Waals surface area (Å²) in [4.78, 5) is 92.1. The molecule has 0 bridgehead atoms. The van der Waals surface area contributed by atoms with Gasteiger partial charge in [-0.05, 0) is 32.6 Å². The standard InChI is InChI=1S/C50H92N4O10S/c1-5-8-11-14-17-18-19-20-21-22-25-26-29-32-44(55)52-43(39-65)50(62)54(40(4)49(61)53-42(48(51)60)35-36-45(56)57)37-41(64-47(59)34-31-28-24-16-13-10-7-3)38-63-46(58)33-30-27-23-15-12-9-6-2/h40-43,65H,5-39H2,1-4H3,(H2,51,60)(H,52,55)(H,53,61)(H,56,57)/t40-,41+,42+,43?/m0/s1. The van der Waals surface area contributed by atoms with Crippen molar-refractivity contribution in [3.05, 3.63) is 0 Å². The van der Waals surface area contributed by atoms with Crippen LogP contribution in [0.25, 0.3) is 0 Å². The van der Waals surface area contributed by atoms with Crippen molar-refractivity contribution < 1.29 is 48.1 Å². The number of hydrogen-bond donors (Lipinski definition) is 5.